The highest BCUT2D eigenvalue weighted by molar-refractivity contribution is 5.66. The summed E-state index contributed by atoms with van der Waals surface area (Å²) in [6, 6.07) is 17.6. The van der Waals surface area contributed by atoms with Crippen molar-refractivity contribution in [3.8, 4) is 11.5 Å². The fourth-order valence-electron chi connectivity index (χ4n) is 1.19. The third-order valence-corrected chi connectivity index (χ3v) is 1.89. The van der Waals surface area contributed by atoms with Gasteiger partial charge in [-0.3, -0.25) is 0 Å². The predicted molar refractivity (Wildman–Crippen MR) is 66.3 cm³/mol. The van der Waals surface area contributed by atoms with Crippen LogP contribution in [0.4, 0.5) is 4.79 Å². The number of rotatable bonds is 2. The first-order valence-electron chi connectivity index (χ1n) is 4.84. The van der Waals surface area contributed by atoms with Crippen LogP contribution in [0.25, 0.3) is 0 Å². The minimum atomic E-state index is -0.739. The number of carbonyl (C=O) groups excluding carboxylic acids is 1. The molecule has 0 N–H and O–H groups in total. The SMILES string of the molecule is C.O=C(Oc1ccccc1)Oc1ccccc1. The van der Waals surface area contributed by atoms with E-state index in [1.165, 1.54) is 0 Å². The first-order valence-corrected chi connectivity index (χ1v) is 4.84. The van der Waals surface area contributed by atoms with Crippen LogP contribution >= 0.6 is 0 Å². The molecule has 17 heavy (non-hydrogen) atoms. The largest absolute Gasteiger partial charge is 0.519 e. The van der Waals surface area contributed by atoms with Crippen LogP contribution in [0.2, 0.25) is 0 Å². The molecular formula is C14H14O3. The molecule has 0 fully saturated rings. The van der Waals surface area contributed by atoms with Crippen molar-refractivity contribution in [3.63, 3.8) is 0 Å². The molecule has 0 heterocycles. The van der Waals surface area contributed by atoms with Crippen LogP contribution in [-0.2, 0) is 0 Å². The van der Waals surface area contributed by atoms with Gasteiger partial charge in [-0.2, -0.15) is 0 Å². The molecule has 0 amide bonds. The monoisotopic (exact) mass is 230 g/mol. The Morgan fingerprint density at radius 1 is 0.706 bits per heavy atom. The Balaban J connectivity index is 0.00000144. The number of hydrogen-bond donors (Lipinski definition) is 0. The predicted octanol–water partition coefficient (Wildman–Crippen LogP) is 3.90. The van der Waals surface area contributed by atoms with Crippen molar-refractivity contribution in [1.82, 2.24) is 0 Å². The summed E-state index contributed by atoms with van der Waals surface area (Å²) in [5, 5.41) is 0. The molecule has 0 radical (unpaired) electrons. The first kappa shape index (κ1) is 12.8. The molecule has 0 aliphatic heterocycles. The number of ether oxygens (including phenoxy) is 2. The Morgan fingerprint density at radius 2 is 1.06 bits per heavy atom. The van der Waals surface area contributed by atoms with Crippen LogP contribution in [0.3, 0.4) is 0 Å². The van der Waals surface area contributed by atoms with Crippen LogP contribution in [0, 0.1) is 0 Å². The van der Waals surface area contributed by atoms with E-state index in [1.54, 1.807) is 48.5 Å². The summed E-state index contributed by atoms with van der Waals surface area (Å²) in [6.07, 6.45) is -0.739. The Hall–Kier alpha value is -2.29. The zero-order valence-corrected chi connectivity index (χ0v) is 8.50. The average Bonchev–Trinajstić information content (AvgIpc) is 2.31. The molecule has 0 atom stereocenters. The molecule has 2 aromatic rings. The van der Waals surface area contributed by atoms with E-state index in [4.69, 9.17) is 9.47 Å². The Bertz CT molecular complexity index is 408. The highest BCUT2D eigenvalue weighted by Crippen LogP contribution is 2.12. The lowest BCUT2D eigenvalue weighted by molar-refractivity contribution is 0.152. The van der Waals surface area contributed by atoms with E-state index in [9.17, 15) is 4.79 Å². The normalized spacial score (nSPS) is 8.94. The van der Waals surface area contributed by atoms with Crippen molar-refractivity contribution >= 4 is 6.16 Å². The number of para-hydroxylation sites is 2. The number of carbonyl (C=O) groups is 1. The standard InChI is InChI=1S/C13H10O3.CH4/c14-13(15-11-7-3-1-4-8-11)16-12-9-5-2-6-10-12;/h1-10H;1H4. The van der Waals surface area contributed by atoms with Crippen LogP contribution in [0.5, 0.6) is 11.5 Å². The van der Waals surface area contributed by atoms with Crippen molar-refractivity contribution in [2.75, 3.05) is 0 Å². The number of hydrogen-bond acceptors (Lipinski definition) is 3. The van der Waals surface area contributed by atoms with Gasteiger partial charge in [0.05, 0.1) is 0 Å². The molecule has 0 saturated heterocycles. The molecular weight excluding hydrogens is 216 g/mol. The lowest BCUT2D eigenvalue weighted by Crippen LogP contribution is -2.13. The van der Waals surface area contributed by atoms with Crippen LogP contribution in [-0.4, -0.2) is 6.16 Å². The zero-order valence-electron chi connectivity index (χ0n) is 8.50. The van der Waals surface area contributed by atoms with Crippen molar-refractivity contribution in [2.45, 2.75) is 7.43 Å². The fraction of sp³-hybridized carbons (Fsp3) is 0.0714. The van der Waals surface area contributed by atoms with E-state index in [2.05, 4.69) is 0 Å². The van der Waals surface area contributed by atoms with Gasteiger partial charge in [0, 0.05) is 0 Å². The van der Waals surface area contributed by atoms with Gasteiger partial charge < -0.3 is 9.47 Å². The molecule has 88 valence electrons. The summed E-state index contributed by atoms with van der Waals surface area (Å²) < 4.78 is 9.91. The minimum Gasteiger partial charge on any atom is -0.395 e. The summed E-state index contributed by atoms with van der Waals surface area (Å²) in [7, 11) is 0. The molecule has 3 nitrogen and oxygen atoms in total. The maximum absolute atomic E-state index is 11.3. The van der Waals surface area contributed by atoms with E-state index in [1.807, 2.05) is 12.1 Å². The molecule has 2 rings (SSSR count). The summed E-state index contributed by atoms with van der Waals surface area (Å²) >= 11 is 0. The Morgan fingerprint density at radius 3 is 1.41 bits per heavy atom. The van der Waals surface area contributed by atoms with Gasteiger partial charge in [-0.05, 0) is 24.3 Å². The molecule has 0 unspecified atom stereocenters. The van der Waals surface area contributed by atoms with E-state index in [-0.39, 0.29) is 7.43 Å². The van der Waals surface area contributed by atoms with Crippen LogP contribution in [0.1, 0.15) is 7.43 Å². The number of benzene rings is 2. The van der Waals surface area contributed by atoms with Gasteiger partial charge in [-0.1, -0.05) is 43.8 Å². The Labute approximate surface area is 101 Å². The lowest BCUT2D eigenvalue weighted by Gasteiger charge is -2.04. The van der Waals surface area contributed by atoms with Gasteiger partial charge in [0.15, 0.2) is 0 Å². The highest BCUT2D eigenvalue weighted by Gasteiger charge is 2.06. The van der Waals surface area contributed by atoms with Crippen molar-refractivity contribution in [2.24, 2.45) is 0 Å². The van der Waals surface area contributed by atoms with E-state index in [0.29, 0.717) is 11.5 Å². The summed E-state index contributed by atoms with van der Waals surface area (Å²) in [4.78, 5) is 11.3. The third kappa shape index (κ3) is 3.99. The van der Waals surface area contributed by atoms with E-state index >= 15 is 0 Å². The van der Waals surface area contributed by atoms with Gasteiger partial charge in [-0.15, -0.1) is 0 Å². The van der Waals surface area contributed by atoms with Gasteiger partial charge in [0.25, 0.3) is 0 Å². The molecule has 3 heteroatoms. The topological polar surface area (TPSA) is 35.5 Å². The van der Waals surface area contributed by atoms with Gasteiger partial charge in [-0.25, -0.2) is 4.79 Å². The molecule has 0 aromatic heterocycles. The van der Waals surface area contributed by atoms with Gasteiger partial charge in [0.1, 0.15) is 11.5 Å². The molecule has 2 aromatic carbocycles. The average molecular weight is 230 g/mol. The molecule has 0 bridgehead atoms. The van der Waals surface area contributed by atoms with Crippen molar-refractivity contribution in [3.05, 3.63) is 60.7 Å². The molecule has 0 aliphatic carbocycles. The second-order valence-electron chi connectivity index (χ2n) is 3.08. The summed E-state index contributed by atoms with van der Waals surface area (Å²) in [5.41, 5.74) is 0. The molecule has 0 aliphatic rings. The quantitative estimate of drug-likeness (QED) is 0.579. The van der Waals surface area contributed by atoms with Crippen LogP contribution < -0.4 is 9.47 Å². The maximum atomic E-state index is 11.3. The lowest BCUT2D eigenvalue weighted by atomic mass is 10.3. The second-order valence-corrected chi connectivity index (χ2v) is 3.08. The van der Waals surface area contributed by atoms with Gasteiger partial charge in [0.2, 0.25) is 0 Å². The second kappa shape index (κ2) is 6.33. The third-order valence-electron chi connectivity index (χ3n) is 1.89. The first-order chi connectivity index (χ1) is 7.84. The summed E-state index contributed by atoms with van der Waals surface area (Å²) in [6.45, 7) is 0. The van der Waals surface area contributed by atoms with Gasteiger partial charge >= 0.3 is 6.16 Å². The summed E-state index contributed by atoms with van der Waals surface area (Å²) in [5.74, 6) is 0.923. The maximum Gasteiger partial charge on any atom is 0.519 e. The van der Waals surface area contributed by atoms with E-state index in [0.717, 1.165) is 0 Å². The van der Waals surface area contributed by atoms with Crippen molar-refractivity contribution < 1.29 is 14.3 Å². The molecule has 0 spiro atoms. The zero-order chi connectivity index (χ0) is 11.2. The van der Waals surface area contributed by atoms with Crippen molar-refractivity contribution in [1.29, 1.82) is 0 Å². The fourth-order valence-corrected chi connectivity index (χ4v) is 1.19. The molecule has 0 saturated carbocycles. The smallest absolute Gasteiger partial charge is 0.395 e. The van der Waals surface area contributed by atoms with Crippen LogP contribution in [0.15, 0.2) is 60.7 Å². The van der Waals surface area contributed by atoms with E-state index < -0.39 is 6.16 Å². The Kier molecular flexibility index (Phi) is 4.76. The minimum absolute atomic E-state index is 0. The highest BCUT2D eigenvalue weighted by atomic mass is 16.7.